The van der Waals surface area contributed by atoms with Gasteiger partial charge in [-0.05, 0) is 24.6 Å². The minimum atomic E-state index is -0.415. The standard InChI is InChI=1S/C13H16ClFO/c1-2-3-4-5-6-13(16)11-9-10(15)7-8-12(11)14/h7-9H,2-6H2,1H3. The van der Waals surface area contributed by atoms with Crippen molar-refractivity contribution in [2.24, 2.45) is 0 Å². The molecule has 0 N–H and O–H groups in total. The predicted octanol–water partition coefficient (Wildman–Crippen LogP) is 4.63. The molecule has 0 radical (unpaired) electrons. The van der Waals surface area contributed by atoms with Gasteiger partial charge in [0.05, 0.1) is 5.02 Å². The Labute approximate surface area is 101 Å². The number of unbranched alkanes of at least 4 members (excludes halogenated alkanes) is 3. The Morgan fingerprint density at radius 3 is 2.75 bits per heavy atom. The molecule has 0 amide bonds. The Balaban J connectivity index is 2.55. The summed E-state index contributed by atoms with van der Waals surface area (Å²) in [5.41, 5.74) is 0.304. The van der Waals surface area contributed by atoms with Crippen molar-refractivity contribution in [2.45, 2.75) is 39.0 Å². The second-order valence-electron chi connectivity index (χ2n) is 3.86. The Hall–Kier alpha value is -0.890. The third kappa shape index (κ3) is 3.93. The quantitative estimate of drug-likeness (QED) is 0.525. The molecule has 16 heavy (non-hydrogen) atoms. The van der Waals surface area contributed by atoms with E-state index in [1.165, 1.54) is 18.2 Å². The fourth-order valence-electron chi connectivity index (χ4n) is 1.56. The zero-order chi connectivity index (χ0) is 12.0. The van der Waals surface area contributed by atoms with Crippen LogP contribution < -0.4 is 0 Å². The van der Waals surface area contributed by atoms with Crippen molar-refractivity contribution in [2.75, 3.05) is 0 Å². The maximum atomic E-state index is 12.9. The molecule has 88 valence electrons. The number of benzene rings is 1. The molecule has 1 aromatic rings. The molecule has 1 aromatic carbocycles. The Bertz CT molecular complexity index is 363. The second kappa shape index (κ2) is 6.64. The van der Waals surface area contributed by atoms with Gasteiger partial charge in [-0.15, -0.1) is 0 Å². The molecule has 0 aliphatic rings. The largest absolute Gasteiger partial charge is 0.294 e. The first-order valence-corrected chi connectivity index (χ1v) is 6.01. The Morgan fingerprint density at radius 1 is 1.31 bits per heavy atom. The van der Waals surface area contributed by atoms with Crippen molar-refractivity contribution in [3.8, 4) is 0 Å². The molecular formula is C13H16ClFO. The van der Waals surface area contributed by atoms with Crippen LogP contribution in [0.5, 0.6) is 0 Å². The highest BCUT2D eigenvalue weighted by molar-refractivity contribution is 6.33. The van der Waals surface area contributed by atoms with Crippen LogP contribution in [0.25, 0.3) is 0 Å². The Morgan fingerprint density at radius 2 is 2.06 bits per heavy atom. The number of Topliss-reactive ketones (excluding diaryl/α,β-unsaturated/α-hetero) is 1. The summed E-state index contributed by atoms with van der Waals surface area (Å²) in [7, 11) is 0. The molecule has 1 nitrogen and oxygen atoms in total. The van der Waals surface area contributed by atoms with E-state index in [4.69, 9.17) is 11.6 Å². The number of carbonyl (C=O) groups is 1. The smallest absolute Gasteiger partial charge is 0.164 e. The van der Waals surface area contributed by atoms with Gasteiger partial charge in [-0.3, -0.25) is 4.79 Å². The molecule has 0 unspecified atom stereocenters. The lowest BCUT2D eigenvalue weighted by Crippen LogP contribution is -2.00. The minimum absolute atomic E-state index is 0.0689. The van der Waals surface area contributed by atoms with Crippen molar-refractivity contribution in [1.29, 1.82) is 0 Å². The molecule has 0 fully saturated rings. The molecule has 0 saturated carbocycles. The lowest BCUT2D eigenvalue weighted by Gasteiger charge is -2.03. The summed E-state index contributed by atoms with van der Waals surface area (Å²) in [4.78, 5) is 11.7. The molecule has 0 saturated heterocycles. The van der Waals surface area contributed by atoms with E-state index in [2.05, 4.69) is 6.92 Å². The van der Waals surface area contributed by atoms with Gasteiger partial charge >= 0.3 is 0 Å². The highest BCUT2D eigenvalue weighted by atomic mass is 35.5. The summed E-state index contributed by atoms with van der Waals surface area (Å²) in [6.07, 6.45) is 4.59. The number of halogens is 2. The number of ketones is 1. The summed E-state index contributed by atoms with van der Waals surface area (Å²) in [5, 5.41) is 0.335. The van der Waals surface area contributed by atoms with E-state index in [0.29, 0.717) is 17.0 Å². The van der Waals surface area contributed by atoms with Crippen molar-refractivity contribution in [3.63, 3.8) is 0 Å². The molecule has 3 heteroatoms. The minimum Gasteiger partial charge on any atom is -0.294 e. The van der Waals surface area contributed by atoms with E-state index in [1.807, 2.05) is 0 Å². The fourth-order valence-corrected chi connectivity index (χ4v) is 1.78. The third-order valence-electron chi connectivity index (χ3n) is 2.49. The number of hydrogen-bond donors (Lipinski definition) is 0. The molecule has 0 aliphatic carbocycles. The average molecular weight is 243 g/mol. The van der Waals surface area contributed by atoms with Gasteiger partial charge in [0, 0.05) is 12.0 Å². The van der Waals surface area contributed by atoms with E-state index in [1.54, 1.807) is 0 Å². The van der Waals surface area contributed by atoms with Crippen LogP contribution in [-0.2, 0) is 0 Å². The zero-order valence-electron chi connectivity index (χ0n) is 9.43. The molecule has 0 aliphatic heterocycles. The first kappa shape index (κ1) is 13.2. The lowest BCUT2D eigenvalue weighted by molar-refractivity contribution is 0.0979. The third-order valence-corrected chi connectivity index (χ3v) is 2.82. The SMILES string of the molecule is CCCCCCC(=O)c1cc(F)ccc1Cl. The summed E-state index contributed by atoms with van der Waals surface area (Å²) < 4.78 is 12.9. The number of carbonyl (C=O) groups excluding carboxylic acids is 1. The van der Waals surface area contributed by atoms with Gasteiger partial charge < -0.3 is 0 Å². The van der Waals surface area contributed by atoms with Crippen LogP contribution in [0.2, 0.25) is 5.02 Å². The molecule has 1 rings (SSSR count). The van der Waals surface area contributed by atoms with Gasteiger partial charge in [-0.1, -0.05) is 37.8 Å². The molecule has 0 bridgehead atoms. The van der Waals surface area contributed by atoms with E-state index in [0.717, 1.165) is 25.7 Å². The van der Waals surface area contributed by atoms with Gasteiger partial charge in [0.2, 0.25) is 0 Å². The van der Waals surface area contributed by atoms with Crippen LogP contribution in [-0.4, -0.2) is 5.78 Å². The topological polar surface area (TPSA) is 17.1 Å². The molecular weight excluding hydrogens is 227 g/mol. The van der Waals surface area contributed by atoms with Crippen LogP contribution >= 0.6 is 11.6 Å². The fraction of sp³-hybridized carbons (Fsp3) is 0.462. The van der Waals surface area contributed by atoms with Crippen molar-refractivity contribution >= 4 is 17.4 Å². The second-order valence-corrected chi connectivity index (χ2v) is 4.27. The summed E-state index contributed by atoms with van der Waals surface area (Å²) in [6, 6.07) is 3.90. The van der Waals surface area contributed by atoms with E-state index in [9.17, 15) is 9.18 Å². The van der Waals surface area contributed by atoms with Crippen LogP contribution in [0.3, 0.4) is 0 Å². The van der Waals surface area contributed by atoms with Gasteiger partial charge in [0.1, 0.15) is 5.82 Å². The number of rotatable bonds is 6. The molecule has 0 atom stereocenters. The molecule has 0 aromatic heterocycles. The number of hydrogen-bond acceptors (Lipinski definition) is 1. The molecule has 0 heterocycles. The van der Waals surface area contributed by atoms with E-state index in [-0.39, 0.29) is 5.78 Å². The van der Waals surface area contributed by atoms with Gasteiger partial charge in [0.25, 0.3) is 0 Å². The normalized spacial score (nSPS) is 10.4. The lowest BCUT2D eigenvalue weighted by atomic mass is 10.0. The van der Waals surface area contributed by atoms with Gasteiger partial charge in [0.15, 0.2) is 5.78 Å². The average Bonchev–Trinajstić information content (AvgIpc) is 2.27. The van der Waals surface area contributed by atoms with Crippen molar-refractivity contribution < 1.29 is 9.18 Å². The van der Waals surface area contributed by atoms with Crippen molar-refractivity contribution in [3.05, 3.63) is 34.6 Å². The predicted molar refractivity (Wildman–Crippen MR) is 64.5 cm³/mol. The molecule has 0 spiro atoms. The maximum absolute atomic E-state index is 12.9. The van der Waals surface area contributed by atoms with E-state index < -0.39 is 5.82 Å². The van der Waals surface area contributed by atoms with Crippen LogP contribution in [0.4, 0.5) is 4.39 Å². The van der Waals surface area contributed by atoms with E-state index >= 15 is 0 Å². The summed E-state index contributed by atoms with van der Waals surface area (Å²) >= 11 is 5.84. The Kier molecular flexibility index (Phi) is 5.47. The highest BCUT2D eigenvalue weighted by Crippen LogP contribution is 2.19. The summed E-state index contributed by atoms with van der Waals surface area (Å²) in [6.45, 7) is 2.12. The zero-order valence-corrected chi connectivity index (χ0v) is 10.2. The van der Waals surface area contributed by atoms with Crippen LogP contribution in [0.15, 0.2) is 18.2 Å². The van der Waals surface area contributed by atoms with Crippen molar-refractivity contribution in [1.82, 2.24) is 0 Å². The van der Waals surface area contributed by atoms with Gasteiger partial charge in [-0.25, -0.2) is 4.39 Å². The highest BCUT2D eigenvalue weighted by Gasteiger charge is 2.10. The maximum Gasteiger partial charge on any atom is 0.164 e. The first-order valence-electron chi connectivity index (χ1n) is 5.63. The van der Waals surface area contributed by atoms with Crippen LogP contribution in [0.1, 0.15) is 49.4 Å². The van der Waals surface area contributed by atoms with Gasteiger partial charge in [-0.2, -0.15) is 0 Å². The summed E-state index contributed by atoms with van der Waals surface area (Å²) in [5.74, 6) is -0.484. The van der Waals surface area contributed by atoms with Crippen LogP contribution in [0, 0.1) is 5.82 Å². The monoisotopic (exact) mass is 242 g/mol. The first-order chi connectivity index (χ1) is 7.65.